The Kier molecular flexibility index (Phi) is 6.52. The molecule has 112 valence electrons. The third-order valence-corrected chi connectivity index (χ3v) is 2.66. The SMILES string of the molecule is CCCNC(=O)COc1cccc(CNC(C)(C)C)c1. The largest absolute Gasteiger partial charge is 0.484 e. The lowest BCUT2D eigenvalue weighted by atomic mass is 10.1. The normalized spacial score (nSPS) is 11.2. The summed E-state index contributed by atoms with van der Waals surface area (Å²) in [5.41, 5.74) is 1.23. The lowest BCUT2D eigenvalue weighted by Gasteiger charge is -2.20. The van der Waals surface area contributed by atoms with Crippen molar-refractivity contribution in [2.45, 2.75) is 46.2 Å². The second kappa shape index (κ2) is 7.90. The van der Waals surface area contributed by atoms with Gasteiger partial charge in [-0.3, -0.25) is 4.79 Å². The van der Waals surface area contributed by atoms with Crippen LogP contribution in [0.3, 0.4) is 0 Å². The van der Waals surface area contributed by atoms with Crippen molar-refractivity contribution < 1.29 is 9.53 Å². The number of hydrogen-bond acceptors (Lipinski definition) is 3. The van der Waals surface area contributed by atoms with Gasteiger partial charge >= 0.3 is 0 Å². The Morgan fingerprint density at radius 1 is 1.30 bits per heavy atom. The maximum absolute atomic E-state index is 11.5. The standard InChI is InChI=1S/C16H26N2O2/c1-5-9-17-15(19)12-20-14-8-6-7-13(10-14)11-18-16(2,3)4/h6-8,10,18H,5,9,11-12H2,1-4H3,(H,17,19). The minimum Gasteiger partial charge on any atom is -0.484 e. The Morgan fingerprint density at radius 3 is 2.70 bits per heavy atom. The molecule has 0 saturated carbocycles. The molecule has 1 amide bonds. The fourth-order valence-electron chi connectivity index (χ4n) is 1.58. The van der Waals surface area contributed by atoms with Crippen LogP contribution in [0, 0.1) is 0 Å². The van der Waals surface area contributed by atoms with Gasteiger partial charge in [-0.25, -0.2) is 0 Å². The Balaban J connectivity index is 2.45. The molecule has 0 aliphatic heterocycles. The smallest absolute Gasteiger partial charge is 0.257 e. The van der Waals surface area contributed by atoms with Crippen molar-refractivity contribution in [1.29, 1.82) is 0 Å². The molecule has 0 radical (unpaired) electrons. The van der Waals surface area contributed by atoms with E-state index in [1.807, 2.05) is 31.2 Å². The summed E-state index contributed by atoms with van der Waals surface area (Å²) in [6, 6.07) is 7.82. The van der Waals surface area contributed by atoms with E-state index in [-0.39, 0.29) is 18.1 Å². The molecule has 0 aromatic heterocycles. The number of benzene rings is 1. The average molecular weight is 278 g/mol. The van der Waals surface area contributed by atoms with Crippen molar-refractivity contribution >= 4 is 5.91 Å². The maximum Gasteiger partial charge on any atom is 0.257 e. The van der Waals surface area contributed by atoms with E-state index in [2.05, 4.69) is 31.4 Å². The Hall–Kier alpha value is -1.55. The minimum atomic E-state index is -0.0786. The molecule has 0 heterocycles. The molecule has 0 aliphatic rings. The van der Waals surface area contributed by atoms with Gasteiger partial charge in [-0.1, -0.05) is 19.1 Å². The van der Waals surface area contributed by atoms with Gasteiger partial charge in [0.25, 0.3) is 5.91 Å². The molecule has 0 saturated heterocycles. The van der Waals surface area contributed by atoms with E-state index in [9.17, 15) is 4.79 Å². The van der Waals surface area contributed by atoms with E-state index in [0.717, 1.165) is 24.3 Å². The Bertz CT molecular complexity index is 425. The molecule has 2 N–H and O–H groups in total. The van der Waals surface area contributed by atoms with E-state index in [4.69, 9.17) is 4.74 Å². The molecule has 4 heteroatoms. The molecular formula is C16H26N2O2. The van der Waals surface area contributed by atoms with Gasteiger partial charge in [-0.05, 0) is 44.9 Å². The van der Waals surface area contributed by atoms with Gasteiger partial charge in [0.05, 0.1) is 0 Å². The highest BCUT2D eigenvalue weighted by Crippen LogP contribution is 2.14. The molecular weight excluding hydrogens is 252 g/mol. The lowest BCUT2D eigenvalue weighted by Crippen LogP contribution is -2.35. The van der Waals surface area contributed by atoms with Crippen LogP contribution in [0.2, 0.25) is 0 Å². The Morgan fingerprint density at radius 2 is 2.05 bits per heavy atom. The van der Waals surface area contributed by atoms with Crippen LogP contribution in [-0.2, 0) is 11.3 Å². The number of carbonyl (C=O) groups excluding carboxylic acids is 1. The van der Waals surface area contributed by atoms with Gasteiger partial charge in [0.2, 0.25) is 0 Å². The van der Waals surface area contributed by atoms with Crippen molar-refractivity contribution in [3.05, 3.63) is 29.8 Å². The highest BCUT2D eigenvalue weighted by Gasteiger charge is 2.08. The van der Waals surface area contributed by atoms with Crippen LogP contribution in [0.25, 0.3) is 0 Å². The third-order valence-electron chi connectivity index (χ3n) is 2.66. The van der Waals surface area contributed by atoms with Crippen molar-refractivity contribution in [3.8, 4) is 5.75 Å². The number of hydrogen-bond donors (Lipinski definition) is 2. The zero-order chi connectivity index (χ0) is 15.0. The van der Waals surface area contributed by atoms with Crippen molar-refractivity contribution in [2.75, 3.05) is 13.2 Å². The van der Waals surface area contributed by atoms with Crippen LogP contribution in [-0.4, -0.2) is 24.6 Å². The predicted octanol–water partition coefficient (Wildman–Crippen LogP) is 2.48. The van der Waals surface area contributed by atoms with Gasteiger partial charge in [0, 0.05) is 18.6 Å². The molecule has 0 spiro atoms. The number of nitrogens with one attached hydrogen (secondary N) is 2. The molecule has 0 unspecified atom stereocenters. The fraction of sp³-hybridized carbons (Fsp3) is 0.562. The first-order valence-corrected chi connectivity index (χ1v) is 7.14. The molecule has 1 rings (SSSR count). The average Bonchev–Trinajstić information content (AvgIpc) is 2.40. The highest BCUT2D eigenvalue weighted by atomic mass is 16.5. The number of rotatable bonds is 7. The lowest BCUT2D eigenvalue weighted by molar-refractivity contribution is -0.123. The fourth-order valence-corrected chi connectivity index (χ4v) is 1.58. The third kappa shape index (κ3) is 7.14. The van der Waals surface area contributed by atoms with Crippen LogP contribution in [0.5, 0.6) is 5.75 Å². The van der Waals surface area contributed by atoms with Gasteiger partial charge < -0.3 is 15.4 Å². The zero-order valence-electron chi connectivity index (χ0n) is 13.0. The van der Waals surface area contributed by atoms with Crippen molar-refractivity contribution in [2.24, 2.45) is 0 Å². The summed E-state index contributed by atoms with van der Waals surface area (Å²) in [6.45, 7) is 9.95. The monoisotopic (exact) mass is 278 g/mol. The highest BCUT2D eigenvalue weighted by molar-refractivity contribution is 5.77. The summed E-state index contributed by atoms with van der Waals surface area (Å²) in [7, 11) is 0. The summed E-state index contributed by atoms with van der Waals surface area (Å²) in [6.07, 6.45) is 0.930. The van der Waals surface area contributed by atoms with E-state index >= 15 is 0 Å². The van der Waals surface area contributed by atoms with Gasteiger partial charge in [0.1, 0.15) is 5.75 Å². The first-order valence-electron chi connectivity index (χ1n) is 7.14. The van der Waals surface area contributed by atoms with Crippen LogP contribution in [0.4, 0.5) is 0 Å². The number of ether oxygens (including phenoxy) is 1. The van der Waals surface area contributed by atoms with Crippen LogP contribution in [0.1, 0.15) is 39.7 Å². The molecule has 0 bridgehead atoms. The number of amides is 1. The van der Waals surface area contributed by atoms with Crippen LogP contribution < -0.4 is 15.4 Å². The quantitative estimate of drug-likeness (QED) is 0.805. The van der Waals surface area contributed by atoms with Gasteiger partial charge in [-0.15, -0.1) is 0 Å². The summed E-state index contributed by atoms with van der Waals surface area (Å²) in [5.74, 6) is 0.648. The van der Waals surface area contributed by atoms with Gasteiger partial charge in [0.15, 0.2) is 6.61 Å². The Labute approximate surface area is 121 Å². The summed E-state index contributed by atoms with van der Waals surface area (Å²) in [5, 5.41) is 6.21. The second-order valence-electron chi connectivity index (χ2n) is 5.89. The molecule has 0 aliphatic carbocycles. The summed E-state index contributed by atoms with van der Waals surface area (Å²) < 4.78 is 5.50. The number of carbonyl (C=O) groups is 1. The molecule has 0 atom stereocenters. The molecule has 1 aromatic carbocycles. The maximum atomic E-state index is 11.5. The van der Waals surface area contributed by atoms with Crippen LogP contribution in [0.15, 0.2) is 24.3 Å². The minimum absolute atomic E-state index is 0.0656. The summed E-state index contributed by atoms with van der Waals surface area (Å²) in [4.78, 5) is 11.5. The van der Waals surface area contributed by atoms with Gasteiger partial charge in [-0.2, -0.15) is 0 Å². The molecule has 20 heavy (non-hydrogen) atoms. The summed E-state index contributed by atoms with van der Waals surface area (Å²) >= 11 is 0. The van der Waals surface area contributed by atoms with Crippen molar-refractivity contribution in [1.82, 2.24) is 10.6 Å². The van der Waals surface area contributed by atoms with E-state index in [1.54, 1.807) is 0 Å². The molecule has 0 fully saturated rings. The zero-order valence-corrected chi connectivity index (χ0v) is 13.0. The molecule has 1 aromatic rings. The van der Waals surface area contributed by atoms with E-state index in [0.29, 0.717) is 6.54 Å². The second-order valence-corrected chi connectivity index (χ2v) is 5.89. The first kappa shape index (κ1) is 16.5. The topological polar surface area (TPSA) is 50.4 Å². The van der Waals surface area contributed by atoms with E-state index < -0.39 is 0 Å². The van der Waals surface area contributed by atoms with E-state index in [1.165, 1.54) is 0 Å². The predicted molar refractivity (Wildman–Crippen MR) is 81.8 cm³/mol. The van der Waals surface area contributed by atoms with Crippen LogP contribution >= 0.6 is 0 Å². The first-order chi connectivity index (χ1) is 9.40. The molecule has 4 nitrogen and oxygen atoms in total. The van der Waals surface area contributed by atoms with Crippen molar-refractivity contribution in [3.63, 3.8) is 0 Å².